The molecule has 6 nitrogen and oxygen atoms in total. The summed E-state index contributed by atoms with van der Waals surface area (Å²) in [5.74, 6) is 0. The average Bonchev–Trinajstić information content (AvgIpc) is 3.20. The summed E-state index contributed by atoms with van der Waals surface area (Å²) in [6.07, 6.45) is 0. The summed E-state index contributed by atoms with van der Waals surface area (Å²) in [6.45, 7) is 7.41. The van der Waals surface area contributed by atoms with E-state index in [2.05, 4.69) is 77.6 Å². The number of nitriles is 1. The van der Waals surface area contributed by atoms with Gasteiger partial charge < -0.3 is 0 Å². The van der Waals surface area contributed by atoms with Gasteiger partial charge in [-0.05, 0) is 54.1 Å². The lowest BCUT2D eigenvalue weighted by atomic mass is 10.0. The number of benzene rings is 5. The molecule has 5 aromatic carbocycles. The van der Waals surface area contributed by atoms with Crippen molar-refractivity contribution in [2.24, 2.45) is 0 Å². The minimum absolute atomic E-state index is 0.583. The monoisotopic (exact) mass is 636 g/mol. The summed E-state index contributed by atoms with van der Waals surface area (Å²) in [7, 11) is 0. The topological polar surface area (TPSA) is 79.7 Å². The molecular weight excluding hydrogens is 613 g/mol. The Morgan fingerprint density at radius 1 is 0.420 bits per heavy atom. The Bertz CT molecular complexity index is 2720. The summed E-state index contributed by atoms with van der Waals surface area (Å²) in [5, 5.41) is 13.4. The van der Waals surface area contributed by atoms with Crippen LogP contribution in [0.3, 0.4) is 0 Å². The number of hydrogen-bond donors (Lipinski definition) is 0. The first-order valence-electron chi connectivity index (χ1n) is 16.1. The smallest absolute Gasteiger partial charge is 0.187 e. The summed E-state index contributed by atoms with van der Waals surface area (Å²) in [4.78, 5) is 24.0. The van der Waals surface area contributed by atoms with Gasteiger partial charge in [-0.15, -0.1) is 0 Å². The first-order valence-corrected chi connectivity index (χ1v) is 16.1. The summed E-state index contributed by atoms with van der Waals surface area (Å²) >= 11 is 0. The molecule has 0 N–H and O–H groups in total. The number of aromatic nitrogens is 4. The fourth-order valence-electron chi connectivity index (χ4n) is 6.50. The van der Waals surface area contributed by atoms with Crippen LogP contribution in [0.4, 0.5) is 5.69 Å². The molecule has 0 saturated heterocycles. The fourth-order valence-corrected chi connectivity index (χ4v) is 6.50. The van der Waals surface area contributed by atoms with E-state index >= 15 is 0 Å². The van der Waals surface area contributed by atoms with Gasteiger partial charge in [0.05, 0.1) is 63.0 Å². The van der Waals surface area contributed by atoms with Crippen LogP contribution in [0.1, 0.15) is 5.56 Å². The third-order valence-electron chi connectivity index (χ3n) is 9.05. The molecule has 0 bridgehead atoms. The van der Waals surface area contributed by atoms with E-state index in [1.807, 2.05) is 66.7 Å². The fraction of sp³-hybridized carbons (Fsp3) is 0. The Morgan fingerprint density at radius 3 is 1.20 bits per heavy atom. The molecule has 50 heavy (non-hydrogen) atoms. The van der Waals surface area contributed by atoms with Crippen LogP contribution in [0.5, 0.6) is 0 Å². The highest BCUT2D eigenvalue weighted by Gasteiger charge is 2.12. The minimum atomic E-state index is 0.583. The lowest BCUT2D eigenvalue weighted by molar-refractivity contribution is 1.35. The standard InChI is InChI=1S/C44H24N6/c1-46-36-10-4-9-35(25-36)40-22-18-31-14-13-30-17-21-39(49-43(30)44(31)50-40)34-8-3-7-33(24-34)38-20-16-29-12-11-28-15-19-37(47-41(28)42(29)48-38)32-6-2-5-27(23-32)26-45/h2-25H. The molecule has 230 valence electrons. The average molecular weight is 637 g/mol. The summed E-state index contributed by atoms with van der Waals surface area (Å²) in [5.41, 5.74) is 11.5. The molecule has 0 atom stereocenters. The Hall–Kier alpha value is -7.28. The quantitative estimate of drug-likeness (QED) is 0.142. The molecule has 0 spiro atoms. The van der Waals surface area contributed by atoms with Crippen LogP contribution in [0, 0.1) is 17.9 Å². The zero-order valence-corrected chi connectivity index (χ0v) is 26.5. The summed E-state index contributed by atoms with van der Waals surface area (Å²) in [6, 6.07) is 50.2. The Labute approximate surface area is 287 Å². The van der Waals surface area contributed by atoms with E-state index < -0.39 is 0 Å². The third kappa shape index (κ3) is 5.06. The normalized spacial score (nSPS) is 11.2. The van der Waals surface area contributed by atoms with E-state index in [1.54, 1.807) is 12.1 Å². The van der Waals surface area contributed by atoms with Crippen LogP contribution < -0.4 is 0 Å². The van der Waals surface area contributed by atoms with Crippen molar-refractivity contribution in [1.29, 1.82) is 5.26 Å². The molecule has 0 amide bonds. The van der Waals surface area contributed by atoms with Gasteiger partial charge in [0.2, 0.25) is 0 Å². The second kappa shape index (κ2) is 11.8. The maximum absolute atomic E-state index is 9.41. The molecule has 0 aliphatic heterocycles. The molecule has 0 radical (unpaired) electrons. The molecule has 4 aromatic heterocycles. The summed E-state index contributed by atoms with van der Waals surface area (Å²) < 4.78 is 0. The molecule has 0 saturated carbocycles. The van der Waals surface area contributed by atoms with Gasteiger partial charge in [0, 0.05) is 38.2 Å². The molecule has 0 aliphatic carbocycles. The van der Waals surface area contributed by atoms with E-state index in [0.29, 0.717) is 11.3 Å². The van der Waals surface area contributed by atoms with Gasteiger partial charge in [-0.1, -0.05) is 97.1 Å². The molecular formula is C44H24N6. The van der Waals surface area contributed by atoms with Gasteiger partial charge in [0.1, 0.15) is 0 Å². The molecule has 0 unspecified atom stereocenters. The van der Waals surface area contributed by atoms with E-state index in [9.17, 15) is 5.26 Å². The molecule has 4 heterocycles. The van der Waals surface area contributed by atoms with Gasteiger partial charge in [-0.25, -0.2) is 24.8 Å². The lowest BCUT2D eigenvalue weighted by Gasteiger charge is -2.10. The number of fused-ring (bicyclic) bond motifs is 6. The third-order valence-corrected chi connectivity index (χ3v) is 9.05. The van der Waals surface area contributed by atoms with Crippen LogP contribution in [-0.4, -0.2) is 19.9 Å². The zero-order chi connectivity index (χ0) is 33.6. The number of hydrogen-bond acceptors (Lipinski definition) is 5. The van der Waals surface area contributed by atoms with E-state index in [4.69, 9.17) is 26.5 Å². The lowest BCUT2D eigenvalue weighted by Crippen LogP contribution is -1.92. The van der Waals surface area contributed by atoms with Crippen LogP contribution >= 0.6 is 0 Å². The highest BCUT2D eigenvalue weighted by molar-refractivity contribution is 6.05. The van der Waals surface area contributed by atoms with Crippen molar-refractivity contribution in [3.63, 3.8) is 0 Å². The van der Waals surface area contributed by atoms with Crippen molar-refractivity contribution in [3.05, 3.63) is 163 Å². The number of pyridine rings is 4. The van der Waals surface area contributed by atoms with E-state index in [0.717, 1.165) is 88.6 Å². The maximum Gasteiger partial charge on any atom is 0.187 e. The highest BCUT2D eigenvalue weighted by atomic mass is 14.8. The predicted octanol–water partition coefficient (Wildman–Crippen LogP) is 11.0. The molecule has 0 fully saturated rings. The van der Waals surface area contributed by atoms with E-state index in [-0.39, 0.29) is 0 Å². The zero-order valence-electron chi connectivity index (χ0n) is 26.5. The Kier molecular flexibility index (Phi) is 6.79. The van der Waals surface area contributed by atoms with Crippen LogP contribution in [-0.2, 0) is 0 Å². The van der Waals surface area contributed by atoms with Crippen molar-refractivity contribution in [2.75, 3.05) is 0 Å². The van der Waals surface area contributed by atoms with Crippen molar-refractivity contribution in [3.8, 4) is 51.1 Å². The van der Waals surface area contributed by atoms with Crippen molar-refractivity contribution >= 4 is 49.3 Å². The molecule has 9 aromatic rings. The van der Waals surface area contributed by atoms with Crippen LogP contribution in [0.15, 0.2) is 146 Å². The van der Waals surface area contributed by atoms with Gasteiger partial charge >= 0.3 is 0 Å². The van der Waals surface area contributed by atoms with Crippen LogP contribution in [0.25, 0.3) is 93.5 Å². The Balaban J connectivity index is 1.13. The van der Waals surface area contributed by atoms with Gasteiger partial charge in [0.25, 0.3) is 0 Å². The molecule has 0 aliphatic rings. The number of nitrogens with zero attached hydrogens (tertiary/aromatic N) is 6. The number of rotatable bonds is 4. The molecule has 9 rings (SSSR count). The van der Waals surface area contributed by atoms with Gasteiger partial charge in [0.15, 0.2) is 5.69 Å². The van der Waals surface area contributed by atoms with Crippen molar-refractivity contribution < 1.29 is 0 Å². The van der Waals surface area contributed by atoms with Gasteiger partial charge in [-0.3, -0.25) is 0 Å². The second-order valence-electron chi connectivity index (χ2n) is 12.1. The van der Waals surface area contributed by atoms with E-state index in [1.165, 1.54) is 0 Å². The second-order valence-corrected chi connectivity index (χ2v) is 12.1. The largest absolute Gasteiger partial charge is 0.246 e. The SMILES string of the molecule is [C-]#[N+]c1cccc(-c2ccc3ccc4ccc(-c5cccc(-c6ccc7ccc8ccc(-c9cccc(C#N)c9)nc8c7n6)c5)nc4c3n2)c1. The minimum Gasteiger partial charge on any atom is -0.246 e. The maximum atomic E-state index is 9.41. The van der Waals surface area contributed by atoms with Crippen molar-refractivity contribution in [1.82, 2.24) is 19.9 Å². The van der Waals surface area contributed by atoms with Gasteiger partial charge in [-0.2, -0.15) is 5.26 Å². The first-order chi connectivity index (χ1) is 24.6. The Morgan fingerprint density at radius 2 is 0.780 bits per heavy atom. The highest BCUT2D eigenvalue weighted by Crippen LogP contribution is 2.33. The van der Waals surface area contributed by atoms with Crippen LogP contribution in [0.2, 0.25) is 0 Å². The molecule has 6 heteroatoms. The van der Waals surface area contributed by atoms with Crippen molar-refractivity contribution in [2.45, 2.75) is 0 Å². The first kappa shape index (κ1) is 28.9. The predicted molar refractivity (Wildman–Crippen MR) is 200 cm³/mol.